The van der Waals surface area contributed by atoms with Crippen LogP contribution in [0.1, 0.15) is 18.2 Å². The lowest BCUT2D eigenvalue weighted by molar-refractivity contribution is 0.341. The Kier molecular flexibility index (Phi) is 5.41. The molecule has 2 N–H and O–H groups in total. The maximum Gasteiger partial charge on any atom is 0.152 e. The van der Waals surface area contributed by atoms with Crippen LogP contribution in [0.15, 0.2) is 30.5 Å². The normalized spacial score (nSPS) is 11.8. The number of halogens is 3. The molecule has 2 aromatic rings. The van der Waals surface area contributed by atoms with Crippen molar-refractivity contribution in [1.82, 2.24) is 9.97 Å². The van der Waals surface area contributed by atoms with Crippen molar-refractivity contribution < 1.29 is 23.0 Å². The Morgan fingerprint density at radius 2 is 1.88 bits per heavy atom. The topological polar surface area (TPSA) is 67.3 Å². The number of aromatic nitrogens is 2. The molecule has 1 heterocycles. The average molecular weight is 337 g/mol. The summed E-state index contributed by atoms with van der Waals surface area (Å²) in [5.74, 6) is -3.22. The molecule has 0 saturated carbocycles. The second-order valence-corrected chi connectivity index (χ2v) is 4.71. The van der Waals surface area contributed by atoms with E-state index in [-0.39, 0.29) is 11.6 Å². The van der Waals surface area contributed by atoms with Crippen molar-refractivity contribution >= 4 is 23.7 Å². The van der Waals surface area contributed by atoms with Crippen molar-refractivity contribution in [2.75, 3.05) is 12.4 Å². The van der Waals surface area contributed by atoms with Crippen LogP contribution in [0.5, 0.6) is 0 Å². The van der Waals surface area contributed by atoms with Gasteiger partial charge in [-0.2, -0.15) is 0 Å². The molecule has 0 radical (unpaired) electrons. The summed E-state index contributed by atoms with van der Waals surface area (Å²) in [4.78, 5) is 7.92. The zero-order chi connectivity index (χ0) is 17.7. The second-order valence-electron chi connectivity index (χ2n) is 4.71. The standard InChI is InChI=1S/C16H14F3N3O2/c1-9(23)5-14-11(3-4-24-2)16(21-8-20-14)22-15-12(18)6-10(17)7-13(15)19/h3-8,23H,1-2H3,(H,20,21,22)/b4-3+,9-5+. The van der Waals surface area contributed by atoms with Crippen molar-refractivity contribution in [2.45, 2.75) is 6.92 Å². The van der Waals surface area contributed by atoms with Gasteiger partial charge in [0, 0.05) is 23.8 Å². The number of nitrogens with one attached hydrogen (secondary N) is 1. The van der Waals surface area contributed by atoms with Gasteiger partial charge in [-0.3, -0.25) is 0 Å². The molecule has 0 atom stereocenters. The third-order valence-electron chi connectivity index (χ3n) is 2.88. The van der Waals surface area contributed by atoms with E-state index in [1.165, 1.54) is 32.4 Å². The molecule has 1 aromatic heterocycles. The molecule has 0 bridgehead atoms. The van der Waals surface area contributed by atoms with Gasteiger partial charge in [0.2, 0.25) is 0 Å². The maximum absolute atomic E-state index is 13.8. The highest BCUT2D eigenvalue weighted by molar-refractivity contribution is 5.74. The van der Waals surface area contributed by atoms with E-state index in [0.717, 1.165) is 6.33 Å². The number of anilines is 2. The highest BCUT2D eigenvalue weighted by Gasteiger charge is 2.15. The lowest BCUT2D eigenvalue weighted by Crippen LogP contribution is -2.04. The SMILES string of the molecule is CO/C=C/c1c(/C=C(\C)O)ncnc1Nc1c(F)cc(F)cc1F. The molecule has 0 aliphatic heterocycles. The number of nitrogens with zero attached hydrogens (tertiary/aromatic N) is 2. The highest BCUT2D eigenvalue weighted by atomic mass is 19.1. The summed E-state index contributed by atoms with van der Waals surface area (Å²) in [6, 6.07) is 1.10. The van der Waals surface area contributed by atoms with Crippen molar-refractivity contribution in [3.8, 4) is 0 Å². The third-order valence-corrected chi connectivity index (χ3v) is 2.88. The average Bonchev–Trinajstić information content (AvgIpc) is 2.49. The minimum atomic E-state index is -1.11. The quantitative estimate of drug-likeness (QED) is 0.802. The number of allylic oxidation sites excluding steroid dienone is 1. The van der Waals surface area contributed by atoms with Gasteiger partial charge in [0.25, 0.3) is 0 Å². The largest absolute Gasteiger partial charge is 0.513 e. The maximum atomic E-state index is 13.8. The summed E-state index contributed by atoms with van der Waals surface area (Å²) < 4.78 is 45.5. The Labute approximate surface area is 136 Å². The first-order valence-corrected chi connectivity index (χ1v) is 6.75. The molecule has 0 spiro atoms. The van der Waals surface area contributed by atoms with Gasteiger partial charge in [-0.25, -0.2) is 23.1 Å². The van der Waals surface area contributed by atoms with Crippen LogP contribution in [-0.2, 0) is 4.74 Å². The van der Waals surface area contributed by atoms with Gasteiger partial charge < -0.3 is 15.2 Å². The summed E-state index contributed by atoms with van der Waals surface area (Å²) in [7, 11) is 1.42. The van der Waals surface area contributed by atoms with E-state index in [0.29, 0.717) is 23.4 Å². The zero-order valence-corrected chi connectivity index (χ0v) is 12.8. The molecule has 0 saturated heterocycles. The fraction of sp³-hybridized carbons (Fsp3) is 0.125. The van der Waals surface area contributed by atoms with Crippen LogP contribution in [-0.4, -0.2) is 22.2 Å². The van der Waals surface area contributed by atoms with Crippen LogP contribution in [0.25, 0.3) is 12.2 Å². The lowest BCUT2D eigenvalue weighted by Gasteiger charge is -2.12. The fourth-order valence-corrected chi connectivity index (χ4v) is 1.90. The van der Waals surface area contributed by atoms with Crippen LogP contribution in [0.3, 0.4) is 0 Å². The monoisotopic (exact) mass is 337 g/mol. The minimum Gasteiger partial charge on any atom is -0.513 e. The molecular weight excluding hydrogens is 323 g/mol. The number of methoxy groups -OCH3 is 1. The Bertz CT molecular complexity index is 780. The van der Waals surface area contributed by atoms with E-state index in [9.17, 15) is 18.3 Å². The molecule has 0 aliphatic rings. The number of hydrogen-bond acceptors (Lipinski definition) is 5. The first kappa shape index (κ1) is 17.3. The van der Waals surface area contributed by atoms with Crippen molar-refractivity contribution in [3.05, 3.63) is 59.2 Å². The predicted molar refractivity (Wildman–Crippen MR) is 84.0 cm³/mol. The predicted octanol–water partition coefficient (Wildman–Crippen LogP) is 4.17. The minimum absolute atomic E-state index is 0.0224. The van der Waals surface area contributed by atoms with Crippen molar-refractivity contribution in [3.63, 3.8) is 0 Å². The summed E-state index contributed by atoms with van der Waals surface area (Å²) in [5, 5.41) is 11.9. The number of hydrogen-bond donors (Lipinski definition) is 2. The molecule has 0 amide bonds. The highest BCUT2D eigenvalue weighted by Crippen LogP contribution is 2.27. The van der Waals surface area contributed by atoms with E-state index >= 15 is 0 Å². The number of ether oxygens (including phenoxy) is 1. The van der Waals surface area contributed by atoms with Crippen LogP contribution in [0.2, 0.25) is 0 Å². The second kappa shape index (κ2) is 7.49. The van der Waals surface area contributed by atoms with Gasteiger partial charge in [-0.1, -0.05) is 0 Å². The molecule has 24 heavy (non-hydrogen) atoms. The molecule has 8 heteroatoms. The molecule has 0 aliphatic carbocycles. The van der Waals surface area contributed by atoms with Crippen LogP contribution < -0.4 is 5.32 Å². The Hall–Kier alpha value is -3.03. The molecule has 0 fully saturated rings. The van der Waals surface area contributed by atoms with E-state index in [2.05, 4.69) is 15.3 Å². The molecule has 1 aromatic carbocycles. The van der Waals surface area contributed by atoms with Gasteiger partial charge in [0.15, 0.2) is 11.6 Å². The first-order valence-electron chi connectivity index (χ1n) is 6.75. The molecule has 5 nitrogen and oxygen atoms in total. The summed E-state index contributed by atoms with van der Waals surface area (Å²) >= 11 is 0. The van der Waals surface area contributed by atoms with Crippen LogP contribution in [0.4, 0.5) is 24.7 Å². The summed E-state index contributed by atoms with van der Waals surface area (Å²) in [6.45, 7) is 1.44. The lowest BCUT2D eigenvalue weighted by atomic mass is 10.1. The zero-order valence-electron chi connectivity index (χ0n) is 12.8. The Balaban J connectivity index is 2.54. The van der Waals surface area contributed by atoms with Gasteiger partial charge in [0.1, 0.15) is 23.6 Å². The van der Waals surface area contributed by atoms with Crippen molar-refractivity contribution in [1.29, 1.82) is 0 Å². The number of benzene rings is 1. The van der Waals surface area contributed by atoms with Crippen LogP contribution in [0, 0.1) is 17.5 Å². The van der Waals surface area contributed by atoms with E-state index in [1.807, 2.05) is 0 Å². The van der Waals surface area contributed by atoms with Crippen LogP contribution >= 0.6 is 0 Å². The molecule has 0 unspecified atom stereocenters. The number of aliphatic hydroxyl groups is 1. The molecule has 2 rings (SSSR count). The number of aliphatic hydroxyl groups excluding tert-OH is 1. The van der Waals surface area contributed by atoms with Gasteiger partial charge in [-0.15, -0.1) is 0 Å². The van der Waals surface area contributed by atoms with E-state index in [1.54, 1.807) is 0 Å². The summed E-state index contributed by atoms with van der Waals surface area (Å²) in [5.41, 5.74) is 0.0532. The Morgan fingerprint density at radius 1 is 1.21 bits per heavy atom. The first-order chi connectivity index (χ1) is 11.4. The van der Waals surface area contributed by atoms with Gasteiger partial charge >= 0.3 is 0 Å². The summed E-state index contributed by atoms with van der Waals surface area (Å²) in [6.07, 6.45) is 5.27. The van der Waals surface area contributed by atoms with E-state index in [4.69, 9.17) is 4.74 Å². The van der Waals surface area contributed by atoms with Gasteiger partial charge in [-0.05, 0) is 13.0 Å². The molecular formula is C16H14F3N3O2. The van der Waals surface area contributed by atoms with Crippen molar-refractivity contribution in [2.24, 2.45) is 0 Å². The van der Waals surface area contributed by atoms with E-state index < -0.39 is 23.1 Å². The fourth-order valence-electron chi connectivity index (χ4n) is 1.90. The molecule has 126 valence electrons. The number of rotatable bonds is 5. The third kappa shape index (κ3) is 4.03. The Morgan fingerprint density at radius 3 is 2.46 bits per heavy atom. The smallest absolute Gasteiger partial charge is 0.152 e. The van der Waals surface area contributed by atoms with Gasteiger partial charge in [0.05, 0.1) is 24.8 Å².